The molecule has 108 valence electrons. The van der Waals surface area contributed by atoms with Crippen LogP contribution in [-0.2, 0) is 4.74 Å². The van der Waals surface area contributed by atoms with E-state index < -0.39 is 30.1 Å². The van der Waals surface area contributed by atoms with Gasteiger partial charge in [-0.25, -0.2) is 4.98 Å². The Bertz CT molecular complexity index is 697. The molecule has 0 aromatic carbocycles. The van der Waals surface area contributed by atoms with Crippen LogP contribution in [0.1, 0.15) is 6.23 Å². The Labute approximate surface area is 111 Å². The Balaban J connectivity index is 2.09. The number of rotatable bonds is 2. The number of aliphatic hydroxyl groups is 3. The van der Waals surface area contributed by atoms with Crippen LogP contribution in [0.3, 0.4) is 0 Å². The summed E-state index contributed by atoms with van der Waals surface area (Å²) in [5, 5.41) is 28.6. The maximum Gasteiger partial charge on any atom is 0.280 e. The number of hydrogen-bond acceptors (Lipinski definition) is 8. The van der Waals surface area contributed by atoms with E-state index in [-0.39, 0.29) is 17.1 Å². The molecule has 0 saturated carbocycles. The molecule has 0 aliphatic carbocycles. The van der Waals surface area contributed by atoms with Crippen LogP contribution in [0, 0.1) is 6.61 Å². The molecular weight excluding hydrogens is 270 g/mol. The van der Waals surface area contributed by atoms with Gasteiger partial charge in [-0.05, 0) is 6.10 Å². The zero-order valence-electron chi connectivity index (χ0n) is 10.0. The van der Waals surface area contributed by atoms with Gasteiger partial charge in [-0.15, -0.1) is 0 Å². The summed E-state index contributed by atoms with van der Waals surface area (Å²) in [7, 11) is 0. The number of nitrogens with two attached hydrogens (primary N) is 1. The molecule has 20 heavy (non-hydrogen) atoms. The number of aromatic nitrogens is 4. The van der Waals surface area contributed by atoms with E-state index in [1.54, 1.807) is 0 Å². The molecule has 3 rings (SSSR count). The number of hydrogen-bond donors (Lipinski definition) is 5. The molecule has 10 heteroatoms. The van der Waals surface area contributed by atoms with Crippen LogP contribution < -0.4 is 11.3 Å². The molecule has 1 aliphatic heterocycles. The van der Waals surface area contributed by atoms with Crippen molar-refractivity contribution in [3.63, 3.8) is 0 Å². The fourth-order valence-corrected chi connectivity index (χ4v) is 2.17. The molecule has 2 aromatic rings. The van der Waals surface area contributed by atoms with E-state index in [0.29, 0.717) is 6.61 Å². The van der Waals surface area contributed by atoms with Crippen LogP contribution in [-0.4, -0.2) is 53.2 Å². The molecule has 4 atom stereocenters. The maximum atomic E-state index is 11.6. The lowest BCUT2D eigenvalue weighted by molar-refractivity contribution is -0.0361. The Morgan fingerprint density at radius 1 is 1.45 bits per heavy atom. The van der Waals surface area contributed by atoms with Crippen molar-refractivity contribution in [2.24, 2.45) is 0 Å². The van der Waals surface area contributed by atoms with E-state index in [4.69, 9.17) is 15.6 Å². The Morgan fingerprint density at radius 3 is 2.85 bits per heavy atom. The third kappa shape index (κ3) is 1.78. The summed E-state index contributed by atoms with van der Waals surface area (Å²) < 4.78 is 6.57. The molecule has 0 amide bonds. The minimum Gasteiger partial charge on any atom is -0.563 e. The first-order valence-corrected chi connectivity index (χ1v) is 5.74. The first-order valence-electron chi connectivity index (χ1n) is 5.74. The van der Waals surface area contributed by atoms with E-state index >= 15 is 0 Å². The van der Waals surface area contributed by atoms with Gasteiger partial charge in [0.15, 0.2) is 17.4 Å². The molecule has 10 nitrogen and oxygen atoms in total. The van der Waals surface area contributed by atoms with Crippen LogP contribution in [0.2, 0.25) is 0 Å². The highest BCUT2D eigenvalue weighted by Gasteiger charge is 2.40. The predicted octanol–water partition coefficient (Wildman–Crippen LogP) is -2.14. The van der Waals surface area contributed by atoms with Crippen LogP contribution in [0.4, 0.5) is 5.95 Å². The Morgan fingerprint density at radius 2 is 2.20 bits per heavy atom. The van der Waals surface area contributed by atoms with Gasteiger partial charge >= 0.3 is 0 Å². The van der Waals surface area contributed by atoms with Gasteiger partial charge < -0.3 is 25.8 Å². The minimum absolute atomic E-state index is 0.0286. The normalized spacial score (nSPS) is 30.1. The van der Waals surface area contributed by atoms with Gasteiger partial charge in [-0.2, -0.15) is 11.6 Å². The highest BCUT2D eigenvalue weighted by molar-refractivity contribution is 5.70. The van der Waals surface area contributed by atoms with Gasteiger partial charge in [-0.3, -0.25) is 14.3 Å². The van der Waals surface area contributed by atoms with Crippen molar-refractivity contribution in [2.45, 2.75) is 24.5 Å². The molecule has 1 aliphatic rings. The van der Waals surface area contributed by atoms with Crippen molar-refractivity contribution in [3.05, 3.63) is 23.3 Å². The number of nitrogen functional groups attached to an aromatic ring is 1. The number of imidazole rings is 1. The van der Waals surface area contributed by atoms with Crippen molar-refractivity contribution in [2.75, 3.05) is 5.73 Å². The number of nitrogens with one attached hydrogen (secondary N) is 1. The van der Waals surface area contributed by atoms with Gasteiger partial charge in [0.05, 0.1) is 12.4 Å². The monoisotopic (exact) mass is 282 g/mol. The quantitative estimate of drug-likeness (QED) is 0.390. The fraction of sp³-hybridized carbons (Fsp3) is 0.400. The first-order chi connectivity index (χ1) is 9.52. The van der Waals surface area contributed by atoms with Crippen molar-refractivity contribution in [1.29, 1.82) is 0 Å². The number of anilines is 1. The van der Waals surface area contributed by atoms with E-state index in [1.807, 2.05) is 0 Å². The van der Waals surface area contributed by atoms with Crippen molar-refractivity contribution in [1.82, 2.24) is 19.5 Å². The minimum atomic E-state index is -1.32. The smallest absolute Gasteiger partial charge is 0.280 e. The summed E-state index contributed by atoms with van der Waals surface area (Å²) in [5.74, 6) is -0.109. The van der Waals surface area contributed by atoms with E-state index in [1.165, 1.54) is 10.9 Å². The number of nitrogens with zero attached hydrogens (tertiary/aromatic N) is 3. The molecular formula is C10H12N5O5-. The van der Waals surface area contributed by atoms with Gasteiger partial charge in [-0.1, -0.05) is 0 Å². The molecule has 3 heterocycles. The molecule has 6 N–H and O–H groups in total. The molecule has 0 bridgehead atoms. The summed E-state index contributed by atoms with van der Waals surface area (Å²) >= 11 is 0. The molecule has 2 aromatic heterocycles. The third-order valence-electron chi connectivity index (χ3n) is 3.15. The lowest BCUT2D eigenvalue weighted by atomic mass is 10.1. The zero-order valence-corrected chi connectivity index (χ0v) is 10.0. The van der Waals surface area contributed by atoms with Gasteiger partial charge in [0.25, 0.3) is 5.56 Å². The SMILES string of the molecule is Nc1nc2c(ncn2[C@@H]2O[C@H]([CH-]O)[C@@H](O)[C@H]2O)c(=O)[nH]1. The summed E-state index contributed by atoms with van der Waals surface area (Å²) in [5.41, 5.74) is 5.08. The Hall–Kier alpha value is -2.01. The molecule has 1 saturated heterocycles. The lowest BCUT2D eigenvalue weighted by Crippen LogP contribution is -2.31. The summed E-state index contributed by atoms with van der Waals surface area (Å²) in [4.78, 5) is 21.7. The average Bonchev–Trinajstić information content (AvgIpc) is 2.93. The maximum absolute atomic E-state index is 11.6. The van der Waals surface area contributed by atoms with Crippen LogP contribution in [0.5, 0.6) is 0 Å². The molecule has 0 spiro atoms. The zero-order chi connectivity index (χ0) is 14.4. The number of fused-ring (bicyclic) bond motifs is 1. The first kappa shape index (κ1) is 13.0. The van der Waals surface area contributed by atoms with Gasteiger partial charge in [0.2, 0.25) is 5.95 Å². The summed E-state index contributed by atoms with van der Waals surface area (Å²) in [6, 6.07) is 0. The van der Waals surface area contributed by atoms with E-state index in [2.05, 4.69) is 15.0 Å². The van der Waals surface area contributed by atoms with Crippen molar-refractivity contribution < 1.29 is 20.1 Å². The van der Waals surface area contributed by atoms with E-state index in [0.717, 1.165) is 0 Å². The van der Waals surface area contributed by atoms with Crippen molar-refractivity contribution in [3.8, 4) is 0 Å². The topological polar surface area (TPSA) is 160 Å². The van der Waals surface area contributed by atoms with Crippen molar-refractivity contribution >= 4 is 17.1 Å². The highest BCUT2D eigenvalue weighted by atomic mass is 16.6. The lowest BCUT2D eigenvalue weighted by Gasteiger charge is -2.19. The summed E-state index contributed by atoms with van der Waals surface area (Å²) in [6.45, 7) is 0.640. The molecule has 0 radical (unpaired) electrons. The number of aliphatic hydroxyl groups excluding tert-OH is 3. The average molecular weight is 282 g/mol. The number of aromatic amines is 1. The second-order valence-electron chi connectivity index (χ2n) is 4.40. The summed E-state index contributed by atoms with van der Waals surface area (Å²) in [6.07, 6.45) is -3.47. The van der Waals surface area contributed by atoms with Gasteiger partial charge in [0.1, 0.15) is 6.10 Å². The number of ether oxygens (including phenoxy) is 1. The highest BCUT2D eigenvalue weighted by Crippen LogP contribution is 2.31. The predicted molar refractivity (Wildman–Crippen MR) is 64.7 cm³/mol. The Kier molecular flexibility index (Phi) is 2.94. The van der Waals surface area contributed by atoms with Crippen LogP contribution in [0.15, 0.2) is 11.1 Å². The third-order valence-corrected chi connectivity index (χ3v) is 3.15. The second-order valence-corrected chi connectivity index (χ2v) is 4.40. The van der Waals surface area contributed by atoms with Crippen LogP contribution in [0.25, 0.3) is 11.2 Å². The molecule has 1 fully saturated rings. The number of H-pyrrole nitrogens is 1. The largest absolute Gasteiger partial charge is 0.563 e. The second kappa shape index (κ2) is 4.52. The van der Waals surface area contributed by atoms with Gasteiger partial charge in [0, 0.05) is 0 Å². The fourth-order valence-electron chi connectivity index (χ4n) is 2.17. The standard InChI is InChI=1S/C10H12N5O5/c11-10-13-7-4(8(19)14-10)12-2-15(7)9-6(18)5(17)3(1-16)20-9/h1-3,5-6,9,16-18H,(H3,11,13,14,19)/q-1/t3-,5-,6-,9-/m1/s1. The van der Waals surface area contributed by atoms with E-state index in [9.17, 15) is 15.0 Å². The molecule has 0 unspecified atom stereocenters. The van der Waals surface area contributed by atoms with Crippen LogP contribution >= 0.6 is 0 Å².